The fourth-order valence-electron chi connectivity index (χ4n) is 3.34. The third kappa shape index (κ3) is 8.48. The number of carbonyl (C=O) groups is 1. The molecule has 1 unspecified atom stereocenters. The van der Waals surface area contributed by atoms with Crippen molar-refractivity contribution >= 4 is 37.2 Å². The van der Waals surface area contributed by atoms with Gasteiger partial charge in [0.25, 0.3) is 0 Å². The van der Waals surface area contributed by atoms with E-state index in [0.29, 0.717) is 25.3 Å². The monoisotopic (exact) mass is 487 g/mol. The Bertz CT molecular complexity index is 852. The van der Waals surface area contributed by atoms with Gasteiger partial charge < -0.3 is 9.84 Å². The predicted molar refractivity (Wildman–Crippen MR) is 123 cm³/mol. The third-order valence-corrected chi connectivity index (χ3v) is 7.00. The Morgan fingerprint density at radius 1 is 1.23 bits per heavy atom. The molecule has 2 aromatic rings. The lowest BCUT2D eigenvalue weighted by atomic mass is 9.81. The Hall–Kier alpha value is -1.55. The first-order valence-electron chi connectivity index (χ1n) is 10.3. The van der Waals surface area contributed by atoms with Crippen LogP contribution in [0.2, 0.25) is 36.0 Å². The normalized spacial score (nSPS) is 14.1. The summed E-state index contributed by atoms with van der Waals surface area (Å²) in [7, 11) is -1.22. The summed E-state index contributed by atoms with van der Waals surface area (Å²) in [5.74, 6) is -1.39. The minimum absolute atomic E-state index is 0.176. The zero-order valence-corrected chi connectivity index (χ0v) is 21.2. The molecule has 0 radical (unpaired) electrons. The molecule has 31 heavy (non-hydrogen) atoms. The average Bonchev–Trinajstić information content (AvgIpc) is 3.08. The van der Waals surface area contributed by atoms with E-state index in [0.717, 1.165) is 11.6 Å². The number of ether oxygens (including phenoxy) is 1. The van der Waals surface area contributed by atoms with E-state index in [1.54, 1.807) is 16.8 Å². The zero-order chi connectivity index (χ0) is 23.2. The largest absolute Gasteiger partial charge is 0.481 e. The van der Waals surface area contributed by atoms with E-state index < -0.39 is 25.9 Å². The highest BCUT2D eigenvalue weighted by Gasteiger charge is 2.34. The second kappa shape index (κ2) is 11.4. The predicted octanol–water partition coefficient (Wildman–Crippen LogP) is 4.76. The number of pyridine rings is 1. The molecule has 1 N–H and O–H groups in total. The van der Waals surface area contributed by atoms with Crippen LogP contribution in [0.4, 0.5) is 0 Å². The van der Waals surface area contributed by atoms with Crippen LogP contribution in [-0.4, -0.2) is 50.9 Å². The number of hydrogen-bond acceptors (Lipinski definition) is 6. The lowest BCUT2D eigenvalue weighted by Gasteiger charge is -2.25. The topological polar surface area (TPSA) is 103 Å². The van der Waals surface area contributed by atoms with Crippen molar-refractivity contribution in [3.63, 3.8) is 0 Å². The van der Waals surface area contributed by atoms with Crippen molar-refractivity contribution in [2.45, 2.75) is 65.0 Å². The second-order valence-electron chi connectivity index (χ2n) is 9.39. The summed E-state index contributed by atoms with van der Waals surface area (Å²) < 4.78 is 7.36. The van der Waals surface area contributed by atoms with Crippen molar-refractivity contribution in [3.8, 4) is 0 Å². The van der Waals surface area contributed by atoms with Gasteiger partial charge in [-0.3, -0.25) is 4.79 Å². The molecule has 0 aromatic carbocycles. The summed E-state index contributed by atoms with van der Waals surface area (Å²) >= 11 is 12.1. The number of nitrogens with zero attached hydrogens (tertiary/aromatic N) is 5. The van der Waals surface area contributed by atoms with Gasteiger partial charge in [-0.25, -0.2) is 9.67 Å². The van der Waals surface area contributed by atoms with Crippen LogP contribution in [0, 0.1) is 11.8 Å². The van der Waals surface area contributed by atoms with Gasteiger partial charge in [-0.2, -0.15) is 0 Å². The number of carboxylic acids is 1. The number of hydrogen-bond donors (Lipinski definition) is 1. The maximum atomic E-state index is 12.2. The zero-order valence-electron chi connectivity index (χ0n) is 18.7. The molecule has 8 nitrogen and oxygen atoms in total. The molecule has 2 rings (SSSR count). The second-order valence-corrected chi connectivity index (χ2v) is 15.8. The number of aromatic nitrogens is 5. The third-order valence-electron chi connectivity index (χ3n) is 4.91. The summed E-state index contributed by atoms with van der Waals surface area (Å²) in [5, 5.41) is 22.6. The lowest BCUT2D eigenvalue weighted by molar-refractivity contribution is -0.143. The molecule has 0 saturated carbocycles. The molecular formula is C20H31Cl2N5O3Si. The molecule has 0 bridgehead atoms. The van der Waals surface area contributed by atoms with Gasteiger partial charge in [-0.1, -0.05) is 56.7 Å². The molecule has 0 aliphatic heterocycles. The van der Waals surface area contributed by atoms with Crippen molar-refractivity contribution in [1.82, 2.24) is 25.2 Å². The van der Waals surface area contributed by atoms with Crippen LogP contribution in [0.1, 0.15) is 37.6 Å². The molecule has 2 heterocycles. The highest BCUT2D eigenvalue weighted by molar-refractivity contribution is 6.76. The van der Waals surface area contributed by atoms with Gasteiger partial charge in [0.05, 0.1) is 5.92 Å². The Morgan fingerprint density at radius 2 is 1.87 bits per heavy atom. The number of aliphatic carboxylic acids is 1. The van der Waals surface area contributed by atoms with Crippen molar-refractivity contribution in [3.05, 3.63) is 33.8 Å². The van der Waals surface area contributed by atoms with Crippen LogP contribution in [0.25, 0.3) is 0 Å². The first-order valence-corrected chi connectivity index (χ1v) is 14.8. The van der Waals surface area contributed by atoms with Crippen molar-refractivity contribution in [1.29, 1.82) is 0 Å². The van der Waals surface area contributed by atoms with Crippen molar-refractivity contribution < 1.29 is 14.6 Å². The number of carboxylic acid groups (broad SMARTS) is 1. The molecule has 2 atom stereocenters. The fourth-order valence-corrected chi connectivity index (χ4v) is 4.61. The molecule has 2 aromatic heterocycles. The summed E-state index contributed by atoms with van der Waals surface area (Å²) in [4.78, 5) is 16.2. The first-order chi connectivity index (χ1) is 14.5. The molecule has 0 amide bonds. The van der Waals surface area contributed by atoms with Gasteiger partial charge in [0.1, 0.15) is 17.0 Å². The van der Waals surface area contributed by atoms with Gasteiger partial charge in [0.15, 0.2) is 5.82 Å². The highest BCUT2D eigenvalue weighted by atomic mass is 35.5. The standard InChI is InChI=1S/C20H31Cl2N5O3Si/c1-13(2)8-16(20(28)29)15(9-14-10-17(21)23-18(22)11-14)19-24-25-26-27(19)12-30-6-7-31(3,4)5/h10-11,13,15-16H,6-9,12H2,1-5H3,(H,28,29)/t15-,16?/m0/s1. The molecule has 0 aliphatic rings. The molecule has 0 aliphatic carbocycles. The van der Waals surface area contributed by atoms with Crippen LogP contribution in [0.3, 0.4) is 0 Å². The van der Waals surface area contributed by atoms with Crippen LogP contribution in [-0.2, 0) is 22.7 Å². The molecule has 0 saturated heterocycles. The summed E-state index contributed by atoms with van der Waals surface area (Å²) in [5.41, 5.74) is 0.777. The van der Waals surface area contributed by atoms with E-state index in [2.05, 4.69) is 40.2 Å². The maximum Gasteiger partial charge on any atom is 0.307 e. The average molecular weight is 488 g/mol. The van der Waals surface area contributed by atoms with E-state index in [1.807, 2.05) is 13.8 Å². The van der Waals surface area contributed by atoms with Gasteiger partial charge in [0, 0.05) is 20.6 Å². The molecular weight excluding hydrogens is 457 g/mol. The minimum atomic E-state index is -1.22. The van der Waals surface area contributed by atoms with Crippen LogP contribution >= 0.6 is 23.2 Å². The summed E-state index contributed by atoms with van der Waals surface area (Å²) in [6.07, 6.45) is 0.844. The van der Waals surface area contributed by atoms with E-state index in [9.17, 15) is 9.90 Å². The summed E-state index contributed by atoms with van der Waals surface area (Å²) in [6, 6.07) is 4.40. The number of tetrazole rings is 1. The minimum Gasteiger partial charge on any atom is -0.481 e. The molecule has 11 heteroatoms. The van der Waals surface area contributed by atoms with E-state index >= 15 is 0 Å². The summed E-state index contributed by atoms with van der Waals surface area (Å²) in [6.45, 7) is 11.6. The highest BCUT2D eigenvalue weighted by Crippen LogP contribution is 2.33. The van der Waals surface area contributed by atoms with E-state index in [1.165, 1.54) is 0 Å². The van der Waals surface area contributed by atoms with E-state index in [-0.39, 0.29) is 23.0 Å². The molecule has 172 valence electrons. The van der Waals surface area contributed by atoms with Crippen LogP contribution in [0.5, 0.6) is 0 Å². The van der Waals surface area contributed by atoms with Crippen molar-refractivity contribution in [2.75, 3.05) is 6.61 Å². The fraction of sp³-hybridized carbons (Fsp3) is 0.650. The van der Waals surface area contributed by atoms with Gasteiger partial charge in [-0.15, -0.1) is 5.10 Å². The maximum absolute atomic E-state index is 12.2. The number of halogens is 2. The van der Waals surface area contributed by atoms with Gasteiger partial charge in [-0.05, 0) is 52.9 Å². The van der Waals surface area contributed by atoms with Crippen LogP contribution in [0.15, 0.2) is 12.1 Å². The molecule has 0 spiro atoms. The Labute approximate surface area is 194 Å². The van der Waals surface area contributed by atoms with Gasteiger partial charge in [0.2, 0.25) is 0 Å². The SMILES string of the molecule is CC(C)CC(C(=O)O)[C@H](Cc1cc(Cl)nc(Cl)c1)c1nnnn1COCC[Si](C)(C)C. The first kappa shape index (κ1) is 25.7. The van der Waals surface area contributed by atoms with Crippen LogP contribution < -0.4 is 0 Å². The molecule has 0 fully saturated rings. The quantitative estimate of drug-likeness (QED) is 0.261. The van der Waals surface area contributed by atoms with Gasteiger partial charge >= 0.3 is 5.97 Å². The Morgan fingerprint density at radius 3 is 2.42 bits per heavy atom. The van der Waals surface area contributed by atoms with E-state index in [4.69, 9.17) is 27.9 Å². The Kier molecular flexibility index (Phi) is 9.41. The lowest BCUT2D eigenvalue weighted by Crippen LogP contribution is -2.28. The number of rotatable bonds is 12. The Balaban J connectivity index is 2.32. The smallest absolute Gasteiger partial charge is 0.307 e. The van der Waals surface area contributed by atoms with Crippen molar-refractivity contribution in [2.24, 2.45) is 11.8 Å².